The lowest BCUT2D eigenvalue weighted by Gasteiger charge is -2.25. The van der Waals surface area contributed by atoms with E-state index in [9.17, 15) is 9.59 Å². The third kappa shape index (κ3) is 4.04. The van der Waals surface area contributed by atoms with Gasteiger partial charge in [0.2, 0.25) is 5.91 Å². The van der Waals surface area contributed by atoms with Crippen LogP contribution in [-0.2, 0) is 4.79 Å². The first-order valence-corrected chi connectivity index (χ1v) is 9.52. The van der Waals surface area contributed by atoms with Crippen LogP contribution in [0.4, 0.5) is 0 Å². The first-order chi connectivity index (χ1) is 12.1. The highest BCUT2D eigenvalue weighted by molar-refractivity contribution is 7.99. The molecule has 1 aliphatic heterocycles. The molecular formula is C20H22N2O2S. The summed E-state index contributed by atoms with van der Waals surface area (Å²) < 4.78 is 0. The summed E-state index contributed by atoms with van der Waals surface area (Å²) in [5, 5.41) is 3.04. The van der Waals surface area contributed by atoms with Crippen LogP contribution in [0.5, 0.6) is 0 Å². The molecule has 0 radical (unpaired) electrons. The fourth-order valence-corrected chi connectivity index (χ4v) is 4.01. The number of nitrogens with zero attached hydrogens (tertiary/aromatic N) is 1. The predicted octanol–water partition coefficient (Wildman–Crippen LogP) is 3.39. The molecule has 0 bridgehead atoms. The second-order valence-corrected chi connectivity index (χ2v) is 7.30. The van der Waals surface area contributed by atoms with E-state index in [2.05, 4.69) is 5.32 Å². The molecular weight excluding hydrogens is 332 g/mol. The van der Waals surface area contributed by atoms with Crippen LogP contribution >= 0.6 is 11.8 Å². The average molecular weight is 354 g/mol. The number of carbonyl (C=O) groups excluding carboxylic acids is 2. The molecule has 2 atom stereocenters. The lowest BCUT2D eigenvalue weighted by atomic mass is 10.1. The molecule has 0 aromatic heterocycles. The van der Waals surface area contributed by atoms with Gasteiger partial charge in [0.25, 0.3) is 5.91 Å². The van der Waals surface area contributed by atoms with Crippen LogP contribution in [0.2, 0.25) is 0 Å². The smallest absolute Gasteiger partial charge is 0.255 e. The van der Waals surface area contributed by atoms with E-state index in [4.69, 9.17) is 0 Å². The number of thioether (sulfide) groups is 1. The van der Waals surface area contributed by atoms with Gasteiger partial charge in [0.1, 0.15) is 6.04 Å². The Bertz CT molecular complexity index is 746. The summed E-state index contributed by atoms with van der Waals surface area (Å²) in [5.41, 5.74) is 2.79. The molecule has 1 saturated heterocycles. The van der Waals surface area contributed by atoms with Crippen LogP contribution in [0.1, 0.15) is 34.5 Å². The van der Waals surface area contributed by atoms with Gasteiger partial charge in [-0.1, -0.05) is 48.0 Å². The van der Waals surface area contributed by atoms with Gasteiger partial charge in [-0.25, -0.2) is 0 Å². The molecule has 2 amide bonds. The van der Waals surface area contributed by atoms with Crippen molar-refractivity contribution in [1.29, 1.82) is 0 Å². The molecule has 1 aliphatic rings. The van der Waals surface area contributed by atoms with Gasteiger partial charge in [-0.15, -0.1) is 11.8 Å². The van der Waals surface area contributed by atoms with E-state index in [0.29, 0.717) is 17.2 Å². The third-order valence-corrected chi connectivity index (χ3v) is 5.41. The quantitative estimate of drug-likeness (QED) is 0.916. The molecule has 5 heteroatoms. The minimum atomic E-state index is -0.426. The van der Waals surface area contributed by atoms with E-state index in [1.807, 2.05) is 68.4 Å². The monoisotopic (exact) mass is 354 g/mol. The molecule has 4 nitrogen and oxygen atoms in total. The Hall–Kier alpha value is -2.27. The van der Waals surface area contributed by atoms with Crippen LogP contribution in [0.25, 0.3) is 0 Å². The summed E-state index contributed by atoms with van der Waals surface area (Å²) in [7, 11) is 0. The standard InChI is InChI=1S/C20H22N2O2S/c1-14-8-10-17(11-9-14)20(24)22-13-25-12-18(22)19(23)21-15(2)16-6-4-3-5-7-16/h3-11,15,18H,12-13H2,1-2H3,(H,21,23)/t15?,18-/m0/s1. The lowest BCUT2D eigenvalue weighted by molar-refractivity contribution is -0.125. The summed E-state index contributed by atoms with van der Waals surface area (Å²) in [4.78, 5) is 27.1. The molecule has 1 unspecified atom stereocenters. The number of nitrogens with one attached hydrogen (secondary N) is 1. The van der Waals surface area contributed by atoms with Crippen molar-refractivity contribution in [3.63, 3.8) is 0 Å². The molecule has 2 aromatic carbocycles. The van der Waals surface area contributed by atoms with Crippen LogP contribution < -0.4 is 5.32 Å². The minimum Gasteiger partial charge on any atom is -0.348 e. The SMILES string of the molecule is Cc1ccc(C(=O)N2CSC[C@H]2C(=O)NC(C)c2ccccc2)cc1. The Morgan fingerprint density at radius 2 is 1.80 bits per heavy atom. The third-order valence-electron chi connectivity index (χ3n) is 4.40. The van der Waals surface area contributed by atoms with E-state index in [-0.39, 0.29) is 17.9 Å². The van der Waals surface area contributed by atoms with Gasteiger partial charge >= 0.3 is 0 Å². The number of rotatable bonds is 4. The molecule has 1 heterocycles. The summed E-state index contributed by atoms with van der Waals surface area (Å²) in [5.74, 6) is 0.995. The summed E-state index contributed by atoms with van der Waals surface area (Å²) in [6.45, 7) is 3.95. The Morgan fingerprint density at radius 1 is 1.12 bits per heavy atom. The van der Waals surface area contributed by atoms with Crippen molar-refractivity contribution in [3.05, 3.63) is 71.3 Å². The molecule has 130 valence electrons. The molecule has 2 aromatic rings. The minimum absolute atomic E-state index is 0.0856. The van der Waals surface area contributed by atoms with Gasteiger partial charge in [-0.05, 0) is 31.5 Å². The molecule has 1 fully saturated rings. The van der Waals surface area contributed by atoms with Crippen molar-refractivity contribution in [2.45, 2.75) is 25.9 Å². The van der Waals surface area contributed by atoms with Gasteiger partial charge in [0.05, 0.1) is 11.9 Å². The second kappa shape index (κ2) is 7.74. The van der Waals surface area contributed by atoms with Crippen LogP contribution in [0.15, 0.2) is 54.6 Å². The average Bonchev–Trinajstić information content (AvgIpc) is 3.12. The number of carbonyl (C=O) groups is 2. The predicted molar refractivity (Wildman–Crippen MR) is 101 cm³/mol. The van der Waals surface area contributed by atoms with E-state index in [0.717, 1.165) is 11.1 Å². The summed E-state index contributed by atoms with van der Waals surface area (Å²) in [6, 6.07) is 16.8. The highest BCUT2D eigenvalue weighted by Crippen LogP contribution is 2.24. The van der Waals surface area contributed by atoms with Crippen molar-refractivity contribution >= 4 is 23.6 Å². The highest BCUT2D eigenvalue weighted by Gasteiger charge is 2.35. The van der Waals surface area contributed by atoms with Gasteiger partial charge in [0.15, 0.2) is 0 Å². The first-order valence-electron chi connectivity index (χ1n) is 8.37. The maximum Gasteiger partial charge on any atom is 0.255 e. The Morgan fingerprint density at radius 3 is 2.48 bits per heavy atom. The molecule has 1 N–H and O–H groups in total. The van der Waals surface area contributed by atoms with Crippen LogP contribution in [0, 0.1) is 6.92 Å². The van der Waals surface area contributed by atoms with Crippen molar-refractivity contribution in [2.24, 2.45) is 0 Å². The molecule has 3 rings (SSSR count). The Labute approximate surface area is 152 Å². The number of benzene rings is 2. The number of aryl methyl sites for hydroxylation is 1. The number of hydrogen-bond acceptors (Lipinski definition) is 3. The summed E-state index contributed by atoms with van der Waals surface area (Å²) >= 11 is 1.61. The zero-order chi connectivity index (χ0) is 17.8. The zero-order valence-corrected chi connectivity index (χ0v) is 15.3. The van der Waals surface area contributed by atoms with E-state index in [1.54, 1.807) is 16.7 Å². The van der Waals surface area contributed by atoms with Gasteiger partial charge in [-0.3, -0.25) is 9.59 Å². The number of hydrogen-bond donors (Lipinski definition) is 1. The molecule has 0 spiro atoms. The fourth-order valence-electron chi connectivity index (χ4n) is 2.86. The fraction of sp³-hybridized carbons (Fsp3) is 0.300. The van der Waals surface area contributed by atoms with Gasteiger partial charge < -0.3 is 10.2 Å². The van der Waals surface area contributed by atoms with Gasteiger partial charge in [-0.2, -0.15) is 0 Å². The van der Waals surface area contributed by atoms with Crippen molar-refractivity contribution < 1.29 is 9.59 Å². The Balaban J connectivity index is 1.69. The second-order valence-electron chi connectivity index (χ2n) is 6.30. The van der Waals surface area contributed by atoms with E-state index < -0.39 is 6.04 Å². The maximum atomic E-state index is 12.8. The van der Waals surface area contributed by atoms with Crippen molar-refractivity contribution in [3.8, 4) is 0 Å². The largest absolute Gasteiger partial charge is 0.348 e. The normalized spacial score (nSPS) is 18.0. The van der Waals surface area contributed by atoms with Crippen molar-refractivity contribution in [1.82, 2.24) is 10.2 Å². The Kier molecular flexibility index (Phi) is 5.43. The topological polar surface area (TPSA) is 49.4 Å². The lowest BCUT2D eigenvalue weighted by Crippen LogP contribution is -2.47. The van der Waals surface area contributed by atoms with E-state index >= 15 is 0 Å². The van der Waals surface area contributed by atoms with Crippen molar-refractivity contribution in [2.75, 3.05) is 11.6 Å². The van der Waals surface area contributed by atoms with E-state index in [1.165, 1.54) is 0 Å². The van der Waals surface area contributed by atoms with Crippen LogP contribution in [0.3, 0.4) is 0 Å². The molecule has 25 heavy (non-hydrogen) atoms. The molecule has 0 saturated carbocycles. The van der Waals surface area contributed by atoms with Gasteiger partial charge in [0, 0.05) is 11.3 Å². The molecule has 0 aliphatic carbocycles. The highest BCUT2D eigenvalue weighted by atomic mass is 32.2. The number of amides is 2. The summed E-state index contributed by atoms with van der Waals surface area (Å²) in [6.07, 6.45) is 0. The first kappa shape index (κ1) is 17.5. The maximum absolute atomic E-state index is 12.8. The van der Waals surface area contributed by atoms with Crippen LogP contribution in [-0.4, -0.2) is 34.4 Å². The zero-order valence-electron chi connectivity index (χ0n) is 14.4.